The summed E-state index contributed by atoms with van der Waals surface area (Å²) in [6.07, 6.45) is -0.264. The molecule has 0 heterocycles. The summed E-state index contributed by atoms with van der Waals surface area (Å²) < 4.78 is 0. The molecule has 0 bridgehead atoms. The van der Waals surface area contributed by atoms with Gasteiger partial charge in [-0.3, -0.25) is 9.59 Å². The molecule has 21 heavy (non-hydrogen) atoms. The maximum Gasteiger partial charge on any atom is 0.233 e. The highest BCUT2D eigenvalue weighted by Crippen LogP contribution is 2.20. The van der Waals surface area contributed by atoms with Gasteiger partial charge in [0, 0.05) is 5.69 Å². The second kappa shape index (κ2) is 6.90. The van der Waals surface area contributed by atoms with E-state index in [0.29, 0.717) is 16.4 Å². The van der Waals surface area contributed by atoms with Crippen LogP contribution in [-0.4, -0.2) is 11.8 Å². The molecule has 2 amide bonds. The zero-order chi connectivity index (χ0) is 15.2. The van der Waals surface area contributed by atoms with Crippen molar-refractivity contribution in [3.05, 3.63) is 59.1 Å². The van der Waals surface area contributed by atoms with Gasteiger partial charge >= 0.3 is 0 Å². The summed E-state index contributed by atoms with van der Waals surface area (Å²) in [5.41, 5.74) is 2.14. The number of aryl methyl sites for hydroxylation is 1. The van der Waals surface area contributed by atoms with Crippen LogP contribution in [0, 0.1) is 6.92 Å². The first-order chi connectivity index (χ1) is 10.1. The van der Waals surface area contributed by atoms with Crippen molar-refractivity contribution in [1.29, 1.82) is 0 Å². The van der Waals surface area contributed by atoms with Crippen molar-refractivity contribution in [2.45, 2.75) is 13.3 Å². The lowest BCUT2D eigenvalue weighted by molar-refractivity contribution is -0.123. The van der Waals surface area contributed by atoms with Crippen molar-refractivity contribution >= 4 is 34.8 Å². The van der Waals surface area contributed by atoms with Crippen LogP contribution in [0.1, 0.15) is 12.0 Å². The maximum atomic E-state index is 11.8. The number of benzene rings is 2. The standard InChI is InChI=1S/C16H15ClN2O2/c1-11-6-2-4-8-13(11)18-15(20)10-16(21)19-14-9-5-3-7-12(14)17/h2-9H,10H2,1H3,(H,18,20)(H,19,21). The van der Waals surface area contributed by atoms with Gasteiger partial charge in [0.2, 0.25) is 11.8 Å². The Morgan fingerprint density at radius 1 is 0.905 bits per heavy atom. The summed E-state index contributed by atoms with van der Waals surface area (Å²) in [6, 6.07) is 14.3. The van der Waals surface area contributed by atoms with Gasteiger partial charge in [0.1, 0.15) is 6.42 Å². The van der Waals surface area contributed by atoms with Crippen LogP contribution in [-0.2, 0) is 9.59 Å². The lowest BCUT2D eigenvalue weighted by Crippen LogP contribution is -2.21. The fourth-order valence-corrected chi connectivity index (χ4v) is 1.99. The molecule has 108 valence electrons. The number of para-hydroxylation sites is 2. The van der Waals surface area contributed by atoms with Gasteiger partial charge in [-0.05, 0) is 30.7 Å². The molecule has 0 aliphatic carbocycles. The zero-order valence-corrected chi connectivity index (χ0v) is 12.3. The quantitative estimate of drug-likeness (QED) is 0.848. The number of anilines is 2. The third-order valence-electron chi connectivity index (χ3n) is 2.89. The molecule has 0 radical (unpaired) electrons. The van der Waals surface area contributed by atoms with Crippen molar-refractivity contribution in [3.8, 4) is 0 Å². The Morgan fingerprint density at radius 2 is 1.43 bits per heavy atom. The van der Waals surface area contributed by atoms with E-state index in [0.717, 1.165) is 5.56 Å². The number of carbonyl (C=O) groups is 2. The average molecular weight is 303 g/mol. The highest BCUT2D eigenvalue weighted by atomic mass is 35.5. The normalized spacial score (nSPS) is 10.0. The van der Waals surface area contributed by atoms with Gasteiger partial charge in [-0.25, -0.2) is 0 Å². The van der Waals surface area contributed by atoms with E-state index < -0.39 is 5.91 Å². The van der Waals surface area contributed by atoms with E-state index in [9.17, 15) is 9.59 Å². The van der Waals surface area contributed by atoms with Gasteiger partial charge in [0.15, 0.2) is 0 Å². The zero-order valence-electron chi connectivity index (χ0n) is 11.5. The summed E-state index contributed by atoms with van der Waals surface area (Å²) >= 11 is 5.94. The van der Waals surface area contributed by atoms with Gasteiger partial charge in [-0.1, -0.05) is 41.9 Å². The van der Waals surface area contributed by atoms with E-state index in [1.54, 1.807) is 30.3 Å². The number of nitrogens with one attached hydrogen (secondary N) is 2. The number of amides is 2. The predicted octanol–water partition coefficient (Wildman–Crippen LogP) is 3.62. The van der Waals surface area contributed by atoms with Gasteiger partial charge in [0.05, 0.1) is 10.7 Å². The smallest absolute Gasteiger partial charge is 0.233 e. The highest BCUT2D eigenvalue weighted by molar-refractivity contribution is 6.33. The van der Waals surface area contributed by atoms with E-state index in [4.69, 9.17) is 11.6 Å². The highest BCUT2D eigenvalue weighted by Gasteiger charge is 2.11. The fourth-order valence-electron chi connectivity index (χ4n) is 1.81. The molecule has 2 rings (SSSR count). The first-order valence-electron chi connectivity index (χ1n) is 6.46. The Bertz CT molecular complexity index is 613. The molecule has 2 aromatic carbocycles. The minimum Gasteiger partial charge on any atom is -0.325 e. The van der Waals surface area contributed by atoms with Crippen LogP contribution >= 0.6 is 11.6 Å². The lowest BCUT2D eigenvalue weighted by Gasteiger charge is -2.09. The van der Waals surface area contributed by atoms with E-state index >= 15 is 0 Å². The molecule has 0 saturated carbocycles. The van der Waals surface area contributed by atoms with Crippen molar-refractivity contribution < 1.29 is 9.59 Å². The minimum absolute atomic E-state index is 0.264. The number of carbonyl (C=O) groups excluding carboxylic acids is 2. The first kappa shape index (κ1) is 15.1. The lowest BCUT2D eigenvalue weighted by atomic mass is 10.2. The molecular formula is C16H15ClN2O2. The molecule has 0 atom stereocenters. The third kappa shape index (κ3) is 4.33. The second-order valence-corrected chi connectivity index (χ2v) is 4.98. The number of hydrogen-bond acceptors (Lipinski definition) is 2. The molecule has 0 unspecified atom stereocenters. The summed E-state index contributed by atoms with van der Waals surface area (Å²) in [5, 5.41) is 5.75. The molecule has 2 N–H and O–H groups in total. The van der Waals surface area contributed by atoms with E-state index in [-0.39, 0.29) is 12.3 Å². The maximum absolute atomic E-state index is 11.8. The Morgan fingerprint density at radius 3 is 2.05 bits per heavy atom. The molecule has 2 aromatic rings. The molecule has 0 saturated heterocycles. The van der Waals surface area contributed by atoms with Crippen LogP contribution in [0.15, 0.2) is 48.5 Å². The van der Waals surface area contributed by atoms with Gasteiger partial charge in [-0.2, -0.15) is 0 Å². The Hall–Kier alpha value is -2.33. The number of halogens is 1. The van der Waals surface area contributed by atoms with E-state index in [2.05, 4.69) is 10.6 Å². The fraction of sp³-hybridized carbons (Fsp3) is 0.125. The van der Waals surface area contributed by atoms with Crippen LogP contribution < -0.4 is 10.6 Å². The van der Waals surface area contributed by atoms with Crippen LogP contribution in [0.3, 0.4) is 0 Å². The minimum atomic E-state index is -0.408. The molecule has 5 heteroatoms. The Labute approximate surface area is 128 Å². The summed E-state index contributed by atoms with van der Waals surface area (Å²) in [6.45, 7) is 1.89. The van der Waals surface area contributed by atoms with Crippen molar-refractivity contribution in [2.75, 3.05) is 10.6 Å². The van der Waals surface area contributed by atoms with Gasteiger partial charge in [0.25, 0.3) is 0 Å². The largest absolute Gasteiger partial charge is 0.325 e. The van der Waals surface area contributed by atoms with Crippen LogP contribution in [0.5, 0.6) is 0 Å². The van der Waals surface area contributed by atoms with Crippen molar-refractivity contribution in [3.63, 3.8) is 0 Å². The summed E-state index contributed by atoms with van der Waals surface area (Å²) in [5.74, 6) is -0.775. The average Bonchev–Trinajstić information content (AvgIpc) is 2.44. The van der Waals surface area contributed by atoms with Gasteiger partial charge in [-0.15, -0.1) is 0 Å². The Balaban J connectivity index is 1.93. The first-order valence-corrected chi connectivity index (χ1v) is 6.84. The topological polar surface area (TPSA) is 58.2 Å². The SMILES string of the molecule is Cc1ccccc1NC(=O)CC(=O)Nc1ccccc1Cl. The number of rotatable bonds is 4. The Kier molecular flexibility index (Phi) is 4.95. The van der Waals surface area contributed by atoms with Crippen molar-refractivity contribution in [1.82, 2.24) is 0 Å². The van der Waals surface area contributed by atoms with Crippen LogP contribution in [0.2, 0.25) is 5.02 Å². The monoisotopic (exact) mass is 302 g/mol. The van der Waals surface area contributed by atoms with Crippen molar-refractivity contribution in [2.24, 2.45) is 0 Å². The van der Waals surface area contributed by atoms with Crippen LogP contribution in [0.4, 0.5) is 11.4 Å². The predicted molar refractivity (Wildman–Crippen MR) is 84.5 cm³/mol. The molecular weight excluding hydrogens is 288 g/mol. The summed E-state index contributed by atoms with van der Waals surface area (Å²) in [7, 11) is 0. The molecule has 4 nitrogen and oxygen atoms in total. The molecule has 0 aromatic heterocycles. The van der Waals surface area contributed by atoms with E-state index in [1.807, 2.05) is 25.1 Å². The molecule has 0 spiro atoms. The molecule has 0 fully saturated rings. The number of hydrogen-bond donors (Lipinski definition) is 2. The van der Waals surface area contributed by atoms with Gasteiger partial charge < -0.3 is 10.6 Å². The molecule has 0 aliphatic heterocycles. The van der Waals surface area contributed by atoms with E-state index in [1.165, 1.54) is 0 Å². The third-order valence-corrected chi connectivity index (χ3v) is 3.22. The van der Waals surface area contributed by atoms with Crippen LogP contribution in [0.25, 0.3) is 0 Å². The molecule has 0 aliphatic rings. The summed E-state index contributed by atoms with van der Waals surface area (Å²) in [4.78, 5) is 23.7. The second-order valence-electron chi connectivity index (χ2n) is 4.57.